The molecule has 1 heterocycles. The monoisotopic (exact) mass is 349 g/mol. The molecule has 6 nitrogen and oxygen atoms in total. The van der Waals surface area contributed by atoms with Crippen LogP contribution in [0.5, 0.6) is 5.75 Å². The van der Waals surface area contributed by atoms with Gasteiger partial charge in [-0.25, -0.2) is 0 Å². The molecule has 0 bridgehead atoms. The number of rotatable bonds is 8. The number of nitrogens with zero attached hydrogens (tertiary/aromatic N) is 1. The van der Waals surface area contributed by atoms with Crippen LogP contribution in [0.4, 0.5) is 0 Å². The molecule has 1 fully saturated rings. The fourth-order valence-corrected chi connectivity index (χ4v) is 3.20. The summed E-state index contributed by atoms with van der Waals surface area (Å²) in [6, 6.07) is 9.56. The number of aliphatic hydroxyl groups is 1. The number of hydrogen-bond donors (Lipinski definition) is 1. The number of carbonyl (C=O) groups excluding carboxylic acids is 2. The third-order valence-electron chi connectivity index (χ3n) is 4.76. The number of hydrogen-bond acceptors (Lipinski definition) is 5. The summed E-state index contributed by atoms with van der Waals surface area (Å²) >= 11 is 0. The predicted molar refractivity (Wildman–Crippen MR) is 93.1 cm³/mol. The van der Waals surface area contributed by atoms with Gasteiger partial charge in [0, 0.05) is 24.9 Å². The SMILES string of the molecule is COC(=O)CCC(=O)N1CCC[C@](CO)(CCOc2ccccc2)C1. The lowest BCUT2D eigenvalue weighted by atomic mass is 9.78. The first-order valence-corrected chi connectivity index (χ1v) is 8.72. The van der Waals surface area contributed by atoms with Gasteiger partial charge in [0.25, 0.3) is 0 Å². The summed E-state index contributed by atoms with van der Waals surface area (Å²) in [6.45, 7) is 1.68. The van der Waals surface area contributed by atoms with Crippen LogP contribution >= 0.6 is 0 Å². The third-order valence-corrected chi connectivity index (χ3v) is 4.76. The first kappa shape index (κ1) is 19.2. The maximum Gasteiger partial charge on any atom is 0.306 e. The van der Waals surface area contributed by atoms with Crippen LogP contribution in [0.15, 0.2) is 30.3 Å². The summed E-state index contributed by atoms with van der Waals surface area (Å²) in [4.78, 5) is 25.3. The van der Waals surface area contributed by atoms with Crippen molar-refractivity contribution in [2.24, 2.45) is 5.41 Å². The van der Waals surface area contributed by atoms with Crippen LogP contribution in [0.1, 0.15) is 32.1 Å². The van der Waals surface area contributed by atoms with E-state index in [4.69, 9.17) is 4.74 Å². The van der Waals surface area contributed by atoms with Gasteiger partial charge < -0.3 is 19.5 Å². The van der Waals surface area contributed by atoms with Crippen LogP contribution < -0.4 is 4.74 Å². The first-order chi connectivity index (χ1) is 12.1. The molecule has 1 N–H and O–H groups in total. The minimum absolute atomic E-state index is 0.0198. The molecule has 1 amide bonds. The average Bonchev–Trinajstić information content (AvgIpc) is 2.66. The van der Waals surface area contributed by atoms with Crippen LogP contribution in [0.25, 0.3) is 0 Å². The van der Waals surface area contributed by atoms with E-state index in [9.17, 15) is 14.7 Å². The van der Waals surface area contributed by atoms with Crippen molar-refractivity contribution in [1.29, 1.82) is 0 Å². The van der Waals surface area contributed by atoms with Gasteiger partial charge in [0.1, 0.15) is 5.75 Å². The quantitative estimate of drug-likeness (QED) is 0.727. The standard InChI is InChI=1S/C19H27NO5/c1-24-18(23)9-8-17(22)20-12-5-10-19(14-20,15-21)11-13-25-16-6-3-2-4-7-16/h2-4,6-7,21H,5,8-15H2,1H3/t19-/m0/s1. The van der Waals surface area contributed by atoms with Gasteiger partial charge in [-0.2, -0.15) is 0 Å². The average molecular weight is 349 g/mol. The molecule has 0 unspecified atom stereocenters. The zero-order chi connectivity index (χ0) is 18.1. The van der Waals surface area contributed by atoms with E-state index in [1.807, 2.05) is 30.3 Å². The van der Waals surface area contributed by atoms with Gasteiger partial charge in [0.15, 0.2) is 0 Å². The Hall–Kier alpha value is -2.08. The van der Waals surface area contributed by atoms with Gasteiger partial charge in [0.2, 0.25) is 5.91 Å². The molecule has 138 valence electrons. The fraction of sp³-hybridized carbons (Fsp3) is 0.579. The zero-order valence-electron chi connectivity index (χ0n) is 14.8. The summed E-state index contributed by atoms with van der Waals surface area (Å²) in [5.41, 5.74) is -0.339. The van der Waals surface area contributed by atoms with Crippen LogP contribution in [-0.2, 0) is 14.3 Å². The Bertz CT molecular complexity index is 562. The maximum absolute atomic E-state index is 12.3. The molecule has 0 aromatic heterocycles. The first-order valence-electron chi connectivity index (χ1n) is 8.72. The van der Waals surface area contributed by atoms with Gasteiger partial charge in [0.05, 0.1) is 26.7 Å². The molecule has 1 saturated heterocycles. The molecule has 0 aliphatic carbocycles. The number of piperidine rings is 1. The molecule has 0 saturated carbocycles. The van der Waals surface area contributed by atoms with Crippen molar-refractivity contribution in [3.8, 4) is 5.75 Å². The van der Waals surface area contributed by atoms with E-state index in [0.717, 1.165) is 18.6 Å². The molecule has 1 aromatic rings. The van der Waals surface area contributed by atoms with Crippen molar-refractivity contribution in [1.82, 2.24) is 4.90 Å². The van der Waals surface area contributed by atoms with Gasteiger partial charge in [-0.15, -0.1) is 0 Å². The van der Waals surface area contributed by atoms with Crippen LogP contribution in [0.3, 0.4) is 0 Å². The lowest BCUT2D eigenvalue weighted by Gasteiger charge is -2.42. The van der Waals surface area contributed by atoms with Crippen LogP contribution in [0.2, 0.25) is 0 Å². The van der Waals surface area contributed by atoms with Gasteiger partial charge >= 0.3 is 5.97 Å². The topological polar surface area (TPSA) is 76.1 Å². The number of aliphatic hydroxyl groups excluding tert-OH is 1. The molecule has 6 heteroatoms. The predicted octanol–water partition coefficient (Wildman–Crippen LogP) is 2.01. The van der Waals surface area contributed by atoms with Gasteiger partial charge in [-0.3, -0.25) is 9.59 Å². The van der Waals surface area contributed by atoms with Crippen molar-refractivity contribution < 1.29 is 24.2 Å². The van der Waals surface area contributed by atoms with E-state index in [2.05, 4.69) is 4.74 Å². The minimum atomic E-state index is -0.380. The van der Waals surface area contributed by atoms with Crippen LogP contribution in [0, 0.1) is 5.41 Å². The Morgan fingerprint density at radius 1 is 1.24 bits per heavy atom. The summed E-state index contributed by atoms with van der Waals surface area (Å²) < 4.78 is 10.3. The minimum Gasteiger partial charge on any atom is -0.494 e. The fourth-order valence-electron chi connectivity index (χ4n) is 3.20. The number of ether oxygens (including phenoxy) is 2. The highest BCUT2D eigenvalue weighted by Gasteiger charge is 2.36. The van der Waals surface area contributed by atoms with Crippen molar-refractivity contribution in [3.05, 3.63) is 30.3 Å². The Balaban J connectivity index is 1.86. The van der Waals surface area contributed by atoms with E-state index in [0.29, 0.717) is 26.1 Å². The summed E-state index contributed by atoms with van der Waals surface area (Å²) in [6.07, 6.45) is 2.63. The summed E-state index contributed by atoms with van der Waals surface area (Å²) in [5, 5.41) is 9.93. The van der Waals surface area contributed by atoms with Crippen molar-refractivity contribution >= 4 is 11.9 Å². The normalized spacial score (nSPS) is 20.2. The number of para-hydroxylation sites is 1. The van der Waals surface area contributed by atoms with E-state index >= 15 is 0 Å². The molecule has 1 atom stereocenters. The van der Waals surface area contributed by atoms with E-state index < -0.39 is 0 Å². The lowest BCUT2D eigenvalue weighted by molar-refractivity contribution is -0.144. The molecule has 2 rings (SSSR count). The molecule has 1 aromatic carbocycles. The van der Waals surface area contributed by atoms with E-state index in [1.54, 1.807) is 4.90 Å². The number of benzene rings is 1. The summed E-state index contributed by atoms with van der Waals surface area (Å²) in [7, 11) is 1.32. The smallest absolute Gasteiger partial charge is 0.306 e. The Morgan fingerprint density at radius 3 is 2.68 bits per heavy atom. The number of amides is 1. The number of esters is 1. The molecule has 1 aliphatic heterocycles. The summed E-state index contributed by atoms with van der Waals surface area (Å²) in [5.74, 6) is 0.361. The van der Waals surface area contributed by atoms with E-state index in [-0.39, 0.29) is 36.7 Å². The zero-order valence-corrected chi connectivity index (χ0v) is 14.8. The second kappa shape index (κ2) is 9.42. The molecular formula is C19H27NO5. The number of carbonyl (C=O) groups is 2. The lowest BCUT2D eigenvalue weighted by Crippen LogP contribution is -2.48. The van der Waals surface area contributed by atoms with E-state index in [1.165, 1.54) is 7.11 Å². The third kappa shape index (κ3) is 5.74. The highest BCUT2D eigenvalue weighted by Crippen LogP contribution is 2.33. The van der Waals surface area contributed by atoms with Crippen molar-refractivity contribution in [2.75, 3.05) is 33.4 Å². The van der Waals surface area contributed by atoms with Crippen LogP contribution in [-0.4, -0.2) is 55.3 Å². The van der Waals surface area contributed by atoms with Gasteiger partial charge in [-0.1, -0.05) is 18.2 Å². The second-order valence-electron chi connectivity index (χ2n) is 6.56. The molecule has 1 aliphatic rings. The molecule has 0 spiro atoms. The Labute approximate surface area is 148 Å². The number of likely N-dealkylation sites (tertiary alicyclic amines) is 1. The largest absolute Gasteiger partial charge is 0.494 e. The number of methoxy groups -OCH3 is 1. The molecule has 25 heavy (non-hydrogen) atoms. The highest BCUT2D eigenvalue weighted by molar-refractivity contribution is 5.81. The maximum atomic E-state index is 12.3. The van der Waals surface area contributed by atoms with Crippen molar-refractivity contribution in [2.45, 2.75) is 32.1 Å². The highest BCUT2D eigenvalue weighted by atomic mass is 16.5. The second-order valence-corrected chi connectivity index (χ2v) is 6.56. The molecular weight excluding hydrogens is 322 g/mol. The Kier molecular flexibility index (Phi) is 7.25. The Morgan fingerprint density at radius 2 is 2.00 bits per heavy atom. The molecule has 0 radical (unpaired) electrons. The van der Waals surface area contributed by atoms with Gasteiger partial charge in [-0.05, 0) is 31.4 Å². The van der Waals surface area contributed by atoms with Crippen molar-refractivity contribution in [3.63, 3.8) is 0 Å².